The number of carboxylic acids is 1. The topological polar surface area (TPSA) is 93.5 Å². The van der Waals surface area contributed by atoms with Gasteiger partial charge in [0.2, 0.25) is 0 Å². The predicted molar refractivity (Wildman–Crippen MR) is 57.0 cm³/mol. The summed E-state index contributed by atoms with van der Waals surface area (Å²) in [4.78, 5) is 19.0. The molecule has 1 unspecified atom stereocenters. The standard InChI is InChI=1S/C10H12N4O2/c1-6-2-9-13-7(3-8(11)10(15)16)4-14(9)5-12-6/h2,4-5,8H,3,11H2,1H3,(H,15,16). The van der Waals surface area contributed by atoms with Crippen molar-refractivity contribution in [2.24, 2.45) is 5.73 Å². The zero-order valence-corrected chi connectivity index (χ0v) is 8.79. The van der Waals surface area contributed by atoms with Gasteiger partial charge in [0, 0.05) is 24.4 Å². The third-order valence-electron chi connectivity index (χ3n) is 2.28. The molecule has 2 aromatic heterocycles. The molecule has 0 bridgehead atoms. The van der Waals surface area contributed by atoms with Crippen molar-refractivity contribution in [3.8, 4) is 0 Å². The Morgan fingerprint density at radius 2 is 2.44 bits per heavy atom. The Labute approximate surface area is 91.7 Å². The maximum absolute atomic E-state index is 10.6. The van der Waals surface area contributed by atoms with Crippen molar-refractivity contribution in [3.63, 3.8) is 0 Å². The summed E-state index contributed by atoms with van der Waals surface area (Å²) in [6.45, 7) is 1.87. The van der Waals surface area contributed by atoms with Crippen LogP contribution in [0.3, 0.4) is 0 Å². The van der Waals surface area contributed by atoms with E-state index < -0.39 is 12.0 Å². The maximum Gasteiger partial charge on any atom is 0.320 e. The Balaban J connectivity index is 2.29. The Hall–Kier alpha value is -1.95. The van der Waals surface area contributed by atoms with Gasteiger partial charge in [-0.15, -0.1) is 0 Å². The highest BCUT2D eigenvalue weighted by molar-refractivity contribution is 5.73. The molecule has 16 heavy (non-hydrogen) atoms. The third kappa shape index (κ3) is 2.01. The lowest BCUT2D eigenvalue weighted by molar-refractivity contribution is -0.138. The minimum absolute atomic E-state index is 0.218. The van der Waals surface area contributed by atoms with Crippen LogP contribution in [0.2, 0.25) is 0 Å². The monoisotopic (exact) mass is 220 g/mol. The molecule has 3 N–H and O–H groups in total. The lowest BCUT2D eigenvalue weighted by Gasteiger charge is -2.01. The number of hydrogen-bond acceptors (Lipinski definition) is 4. The molecule has 0 radical (unpaired) electrons. The number of carbonyl (C=O) groups is 1. The highest BCUT2D eigenvalue weighted by Crippen LogP contribution is 2.07. The summed E-state index contributed by atoms with van der Waals surface area (Å²) in [5, 5.41) is 8.69. The Bertz CT molecular complexity index is 535. The average Bonchev–Trinajstić information content (AvgIpc) is 2.58. The van der Waals surface area contributed by atoms with E-state index in [2.05, 4.69) is 9.97 Å². The van der Waals surface area contributed by atoms with Gasteiger partial charge in [0.25, 0.3) is 0 Å². The number of aryl methyl sites for hydroxylation is 1. The Morgan fingerprint density at radius 3 is 3.12 bits per heavy atom. The van der Waals surface area contributed by atoms with Gasteiger partial charge in [-0.3, -0.25) is 9.20 Å². The SMILES string of the molecule is Cc1cc2nc(CC(N)C(=O)O)cn2cn1. The number of aromatic nitrogens is 3. The quantitative estimate of drug-likeness (QED) is 0.758. The van der Waals surface area contributed by atoms with Crippen LogP contribution < -0.4 is 5.73 Å². The van der Waals surface area contributed by atoms with Crippen molar-refractivity contribution >= 4 is 11.6 Å². The smallest absolute Gasteiger partial charge is 0.320 e. The second-order valence-corrected chi connectivity index (χ2v) is 3.68. The van der Waals surface area contributed by atoms with E-state index in [-0.39, 0.29) is 6.42 Å². The highest BCUT2D eigenvalue weighted by atomic mass is 16.4. The number of nitrogens with two attached hydrogens (primary N) is 1. The van der Waals surface area contributed by atoms with Gasteiger partial charge in [-0.05, 0) is 6.92 Å². The van der Waals surface area contributed by atoms with Gasteiger partial charge in [0.05, 0.1) is 5.69 Å². The molecular weight excluding hydrogens is 208 g/mol. The molecule has 2 aromatic rings. The van der Waals surface area contributed by atoms with Crippen LogP contribution >= 0.6 is 0 Å². The molecule has 0 fully saturated rings. The van der Waals surface area contributed by atoms with Gasteiger partial charge in [-0.25, -0.2) is 9.97 Å². The van der Waals surface area contributed by atoms with E-state index in [4.69, 9.17) is 10.8 Å². The molecule has 0 aromatic carbocycles. The number of hydrogen-bond donors (Lipinski definition) is 2. The first kappa shape index (κ1) is 10.6. The predicted octanol–water partition coefficient (Wildman–Crippen LogP) is -0.00788. The van der Waals surface area contributed by atoms with Gasteiger partial charge in [-0.1, -0.05) is 0 Å². The molecule has 0 aliphatic carbocycles. The molecule has 6 heteroatoms. The van der Waals surface area contributed by atoms with Crippen LogP contribution in [0.4, 0.5) is 0 Å². The van der Waals surface area contributed by atoms with Crippen molar-refractivity contribution in [1.29, 1.82) is 0 Å². The molecule has 84 valence electrons. The maximum atomic E-state index is 10.6. The molecule has 0 amide bonds. The van der Waals surface area contributed by atoms with E-state index in [1.807, 2.05) is 13.0 Å². The second kappa shape index (κ2) is 3.90. The molecule has 0 saturated carbocycles. The molecule has 0 aliphatic rings. The van der Waals surface area contributed by atoms with Crippen LogP contribution in [0.5, 0.6) is 0 Å². The zero-order valence-electron chi connectivity index (χ0n) is 8.79. The lowest BCUT2D eigenvalue weighted by atomic mass is 10.2. The summed E-state index contributed by atoms with van der Waals surface area (Å²) >= 11 is 0. The molecule has 0 aliphatic heterocycles. The van der Waals surface area contributed by atoms with Crippen LogP contribution in [0, 0.1) is 6.92 Å². The molecule has 0 spiro atoms. The van der Waals surface area contributed by atoms with Crippen LogP contribution in [-0.4, -0.2) is 31.5 Å². The van der Waals surface area contributed by atoms with E-state index in [0.717, 1.165) is 11.3 Å². The van der Waals surface area contributed by atoms with E-state index in [0.29, 0.717) is 5.69 Å². The first-order chi connectivity index (χ1) is 7.56. The third-order valence-corrected chi connectivity index (χ3v) is 2.28. The largest absolute Gasteiger partial charge is 0.480 e. The van der Waals surface area contributed by atoms with Crippen LogP contribution in [0.1, 0.15) is 11.4 Å². The van der Waals surface area contributed by atoms with Crippen LogP contribution in [-0.2, 0) is 11.2 Å². The van der Waals surface area contributed by atoms with Crippen molar-refractivity contribution in [2.75, 3.05) is 0 Å². The molecule has 6 nitrogen and oxygen atoms in total. The zero-order chi connectivity index (χ0) is 11.7. The first-order valence-electron chi connectivity index (χ1n) is 4.85. The van der Waals surface area contributed by atoms with Crippen molar-refractivity contribution in [1.82, 2.24) is 14.4 Å². The summed E-state index contributed by atoms with van der Waals surface area (Å²) in [6.07, 6.45) is 3.61. The number of fused-ring (bicyclic) bond motifs is 1. The fourth-order valence-corrected chi connectivity index (χ4v) is 1.45. The number of aliphatic carboxylic acids is 1. The summed E-state index contributed by atoms with van der Waals surface area (Å²) in [5.74, 6) is -1.02. The number of nitrogens with zero attached hydrogens (tertiary/aromatic N) is 3. The summed E-state index contributed by atoms with van der Waals surface area (Å²) in [7, 11) is 0. The number of rotatable bonds is 3. The van der Waals surface area contributed by atoms with E-state index >= 15 is 0 Å². The van der Waals surface area contributed by atoms with Gasteiger partial charge in [-0.2, -0.15) is 0 Å². The molecule has 2 heterocycles. The van der Waals surface area contributed by atoms with E-state index in [1.165, 1.54) is 0 Å². The van der Waals surface area contributed by atoms with Gasteiger partial charge in [0.1, 0.15) is 18.0 Å². The highest BCUT2D eigenvalue weighted by Gasteiger charge is 2.14. The minimum Gasteiger partial charge on any atom is -0.480 e. The summed E-state index contributed by atoms with van der Waals surface area (Å²) < 4.78 is 1.75. The number of carboxylic acid groups (broad SMARTS) is 1. The summed E-state index contributed by atoms with van der Waals surface area (Å²) in [6, 6.07) is 0.912. The van der Waals surface area contributed by atoms with E-state index in [1.54, 1.807) is 16.9 Å². The van der Waals surface area contributed by atoms with Crippen molar-refractivity contribution in [2.45, 2.75) is 19.4 Å². The first-order valence-corrected chi connectivity index (χ1v) is 4.85. The Kier molecular flexibility index (Phi) is 2.57. The van der Waals surface area contributed by atoms with Crippen LogP contribution in [0.15, 0.2) is 18.6 Å². The van der Waals surface area contributed by atoms with E-state index in [9.17, 15) is 4.79 Å². The van der Waals surface area contributed by atoms with Gasteiger partial charge in [0.15, 0.2) is 0 Å². The van der Waals surface area contributed by atoms with Crippen molar-refractivity contribution in [3.05, 3.63) is 30.0 Å². The molecule has 1 atom stereocenters. The average molecular weight is 220 g/mol. The van der Waals surface area contributed by atoms with Gasteiger partial charge >= 0.3 is 5.97 Å². The van der Waals surface area contributed by atoms with Crippen LogP contribution in [0.25, 0.3) is 5.65 Å². The minimum atomic E-state index is -1.02. The summed E-state index contributed by atoms with van der Waals surface area (Å²) in [5.41, 5.74) is 7.71. The molecular formula is C10H12N4O2. The normalized spacial score (nSPS) is 12.9. The van der Waals surface area contributed by atoms with Gasteiger partial charge < -0.3 is 10.8 Å². The second-order valence-electron chi connectivity index (χ2n) is 3.68. The lowest BCUT2D eigenvalue weighted by Crippen LogP contribution is -2.32. The van der Waals surface area contributed by atoms with Crippen molar-refractivity contribution < 1.29 is 9.90 Å². The molecule has 0 saturated heterocycles. The fraction of sp³-hybridized carbons (Fsp3) is 0.300. The Morgan fingerprint density at radius 1 is 1.69 bits per heavy atom. The number of imidazole rings is 1. The molecule has 2 rings (SSSR count). The fourth-order valence-electron chi connectivity index (χ4n) is 1.45.